The van der Waals surface area contributed by atoms with Gasteiger partial charge in [-0.25, -0.2) is 4.79 Å². The monoisotopic (exact) mass is 507 g/mol. The Labute approximate surface area is 220 Å². The van der Waals surface area contributed by atoms with Crippen LogP contribution in [0.3, 0.4) is 0 Å². The van der Waals surface area contributed by atoms with E-state index in [0.29, 0.717) is 12.5 Å². The molecule has 2 amide bonds. The van der Waals surface area contributed by atoms with Crippen LogP contribution >= 0.6 is 0 Å². The highest BCUT2D eigenvalue weighted by Crippen LogP contribution is 2.33. The molecular weight excluding hydrogens is 466 g/mol. The maximum Gasteiger partial charge on any atom is 0.315 e. The summed E-state index contributed by atoms with van der Waals surface area (Å²) in [6.45, 7) is 4.47. The van der Waals surface area contributed by atoms with Crippen LogP contribution in [0.4, 0.5) is 4.79 Å². The molecule has 2 aliphatic rings. The quantitative estimate of drug-likeness (QED) is 0.404. The minimum atomic E-state index is -1.36. The Morgan fingerprint density at radius 3 is 2.14 bits per heavy atom. The lowest BCUT2D eigenvalue weighted by Gasteiger charge is -2.36. The van der Waals surface area contributed by atoms with Gasteiger partial charge in [-0.3, -0.25) is 4.79 Å². The number of rotatable bonds is 9. The maximum absolute atomic E-state index is 12.9. The van der Waals surface area contributed by atoms with Crippen LogP contribution in [0.2, 0.25) is 0 Å². The topological polar surface area (TPSA) is 102 Å². The van der Waals surface area contributed by atoms with Crippen molar-refractivity contribution in [3.05, 3.63) is 71.8 Å². The van der Waals surface area contributed by atoms with Crippen molar-refractivity contribution >= 4 is 12.0 Å². The predicted molar refractivity (Wildman–Crippen MR) is 144 cm³/mol. The third-order valence-electron chi connectivity index (χ3n) is 8.29. The number of carbonyl (C=O) groups excluding carboxylic acids is 1. The molecule has 37 heavy (non-hydrogen) atoms. The molecule has 2 atom stereocenters. The number of hydrogen-bond donors (Lipinski definition) is 4. The molecular formula is C30H41N3O4. The number of carbonyl (C=O) groups is 2. The van der Waals surface area contributed by atoms with Gasteiger partial charge < -0.3 is 25.7 Å². The summed E-state index contributed by atoms with van der Waals surface area (Å²) in [6.07, 6.45) is 6.84. The molecule has 7 heteroatoms. The Bertz CT molecular complexity index is 969. The molecule has 2 aromatic rings. The van der Waals surface area contributed by atoms with Gasteiger partial charge >= 0.3 is 12.0 Å². The van der Waals surface area contributed by atoms with E-state index in [1.807, 2.05) is 67.6 Å². The Balaban J connectivity index is 1.26. The number of nitrogens with one attached hydrogen (secondary N) is 2. The highest BCUT2D eigenvalue weighted by Gasteiger charge is 2.38. The van der Waals surface area contributed by atoms with Crippen LogP contribution in [0, 0.1) is 11.8 Å². The first-order valence-electron chi connectivity index (χ1n) is 13.7. The molecule has 0 radical (unpaired) electrons. The Morgan fingerprint density at radius 2 is 1.57 bits per heavy atom. The van der Waals surface area contributed by atoms with Crippen LogP contribution in [0.1, 0.15) is 63.0 Å². The number of piperidine rings is 1. The van der Waals surface area contributed by atoms with E-state index in [2.05, 4.69) is 15.5 Å². The van der Waals surface area contributed by atoms with Gasteiger partial charge in [-0.1, -0.05) is 60.7 Å². The average molecular weight is 508 g/mol. The third kappa shape index (κ3) is 6.90. The molecule has 2 fully saturated rings. The van der Waals surface area contributed by atoms with E-state index in [1.54, 1.807) is 0 Å². The normalized spacial score (nSPS) is 23.7. The van der Waals surface area contributed by atoms with E-state index < -0.39 is 17.6 Å². The second kappa shape index (κ2) is 12.6. The zero-order chi connectivity index (χ0) is 26.3. The van der Waals surface area contributed by atoms with Crippen molar-refractivity contribution in [3.8, 4) is 0 Å². The average Bonchev–Trinajstić information content (AvgIpc) is 2.93. The number of benzene rings is 2. The molecule has 1 unspecified atom stereocenters. The molecule has 1 saturated heterocycles. The van der Waals surface area contributed by atoms with Crippen molar-refractivity contribution in [2.75, 3.05) is 19.6 Å². The number of amides is 2. The summed E-state index contributed by atoms with van der Waals surface area (Å²) >= 11 is 0. The van der Waals surface area contributed by atoms with E-state index in [9.17, 15) is 19.8 Å². The van der Waals surface area contributed by atoms with Gasteiger partial charge in [0.25, 0.3) is 0 Å². The lowest BCUT2D eigenvalue weighted by Crippen LogP contribution is -2.54. The zero-order valence-corrected chi connectivity index (χ0v) is 21.8. The number of carboxylic acids is 1. The fourth-order valence-corrected chi connectivity index (χ4v) is 6.00. The van der Waals surface area contributed by atoms with Crippen molar-refractivity contribution in [2.24, 2.45) is 11.8 Å². The van der Waals surface area contributed by atoms with Gasteiger partial charge in [0.15, 0.2) is 0 Å². The molecule has 1 heterocycles. The van der Waals surface area contributed by atoms with Gasteiger partial charge in [0.2, 0.25) is 0 Å². The lowest BCUT2D eigenvalue weighted by atomic mass is 9.81. The lowest BCUT2D eigenvalue weighted by molar-refractivity contribution is -0.143. The van der Waals surface area contributed by atoms with E-state index >= 15 is 0 Å². The van der Waals surface area contributed by atoms with E-state index in [0.717, 1.165) is 69.2 Å². The number of likely N-dealkylation sites (tertiary alicyclic amines) is 1. The highest BCUT2D eigenvalue weighted by molar-refractivity contribution is 5.75. The van der Waals surface area contributed by atoms with Crippen molar-refractivity contribution in [3.63, 3.8) is 0 Å². The maximum atomic E-state index is 12.9. The first-order valence-corrected chi connectivity index (χ1v) is 13.7. The van der Waals surface area contributed by atoms with Crippen LogP contribution in [-0.2, 0) is 10.4 Å². The van der Waals surface area contributed by atoms with Crippen molar-refractivity contribution < 1.29 is 19.8 Å². The van der Waals surface area contributed by atoms with Crippen molar-refractivity contribution in [1.29, 1.82) is 0 Å². The van der Waals surface area contributed by atoms with E-state index in [-0.39, 0.29) is 18.0 Å². The molecule has 1 aliphatic carbocycles. The van der Waals surface area contributed by atoms with Crippen LogP contribution in [-0.4, -0.2) is 58.8 Å². The Kier molecular flexibility index (Phi) is 9.22. The van der Waals surface area contributed by atoms with Crippen LogP contribution < -0.4 is 10.6 Å². The van der Waals surface area contributed by atoms with Gasteiger partial charge in [-0.15, -0.1) is 0 Å². The third-order valence-corrected chi connectivity index (χ3v) is 8.29. The van der Waals surface area contributed by atoms with E-state index in [1.165, 1.54) is 0 Å². The predicted octanol–water partition coefficient (Wildman–Crippen LogP) is 4.36. The van der Waals surface area contributed by atoms with Crippen LogP contribution in [0.5, 0.6) is 0 Å². The summed E-state index contributed by atoms with van der Waals surface area (Å²) in [6, 6.07) is 18.3. The minimum absolute atomic E-state index is 0.122. The molecule has 2 aromatic carbocycles. The molecule has 1 saturated carbocycles. The largest absolute Gasteiger partial charge is 0.481 e. The van der Waals surface area contributed by atoms with Gasteiger partial charge in [-0.2, -0.15) is 0 Å². The number of carboxylic acid groups (broad SMARTS) is 1. The summed E-state index contributed by atoms with van der Waals surface area (Å²) in [5, 5.41) is 27.3. The fraction of sp³-hybridized carbons (Fsp3) is 0.533. The minimum Gasteiger partial charge on any atom is -0.481 e. The second-order valence-corrected chi connectivity index (χ2v) is 10.8. The molecule has 0 spiro atoms. The molecule has 4 rings (SSSR count). The summed E-state index contributed by atoms with van der Waals surface area (Å²) in [5.41, 5.74) is 0.113. The SMILES string of the molecule is C[C@H](NC(=O)NC1CCC(CCN2CCCC(C(=O)O)C2)CC1)C(O)(c1ccccc1)c1ccccc1. The van der Waals surface area contributed by atoms with Crippen molar-refractivity contribution in [2.45, 2.75) is 69.6 Å². The summed E-state index contributed by atoms with van der Waals surface area (Å²) in [7, 11) is 0. The number of aliphatic hydroxyl groups is 1. The van der Waals surface area contributed by atoms with Gasteiger partial charge in [0.1, 0.15) is 5.60 Å². The molecule has 0 bridgehead atoms. The van der Waals surface area contributed by atoms with Crippen molar-refractivity contribution in [1.82, 2.24) is 15.5 Å². The molecule has 1 aliphatic heterocycles. The molecule has 7 nitrogen and oxygen atoms in total. The van der Waals surface area contributed by atoms with Gasteiger partial charge in [-0.05, 0) is 82.0 Å². The summed E-state index contributed by atoms with van der Waals surface area (Å²) in [5.74, 6) is -0.280. The van der Waals surface area contributed by atoms with E-state index in [4.69, 9.17) is 0 Å². The molecule has 4 N–H and O–H groups in total. The van der Waals surface area contributed by atoms with Gasteiger partial charge in [0.05, 0.1) is 12.0 Å². The number of urea groups is 1. The Morgan fingerprint density at radius 1 is 0.973 bits per heavy atom. The van der Waals surface area contributed by atoms with Crippen LogP contribution in [0.25, 0.3) is 0 Å². The summed E-state index contributed by atoms with van der Waals surface area (Å²) in [4.78, 5) is 26.6. The smallest absolute Gasteiger partial charge is 0.315 e. The standard InChI is InChI=1S/C30H41N3O4/c1-22(30(37,25-10-4-2-5-11-25)26-12-6-3-7-13-26)31-29(36)32-27-16-14-23(15-17-27)18-20-33-19-8-9-24(21-33)28(34)35/h2-7,10-13,22-24,27,37H,8-9,14-21H2,1H3,(H,34,35)(H2,31,32,36)/t22-,23?,24?,27?/m0/s1. The molecule has 0 aromatic heterocycles. The number of nitrogens with zero attached hydrogens (tertiary/aromatic N) is 1. The second-order valence-electron chi connectivity index (χ2n) is 10.8. The fourth-order valence-electron chi connectivity index (χ4n) is 6.00. The number of aliphatic carboxylic acids is 1. The summed E-state index contributed by atoms with van der Waals surface area (Å²) < 4.78 is 0. The first kappa shape index (κ1) is 27.1. The zero-order valence-electron chi connectivity index (χ0n) is 21.8. The number of hydrogen-bond acceptors (Lipinski definition) is 4. The molecule has 200 valence electrons. The van der Waals surface area contributed by atoms with Crippen LogP contribution in [0.15, 0.2) is 60.7 Å². The van der Waals surface area contributed by atoms with Gasteiger partial charge in [0, 0.05) is 12.6 Å². The highest BCUT2D eigenvalue weighted by atomic mass is 16.4. The Hall–Kier alpha value is -2.90. The first-order chi connectivity index (χ1) is 17.9.